The molecule has 5 nitrogen and oxygen atoms in total. The minimum absolute atomic E-state index is 0.0515. The normalized spacial score (nSPS) is 15.9. The van der Waals surface area contributed by atoms with Crippen molar-refractivity contribution < 1.29 is 9.59 Å². The Labute approximate surface area is 106 Å². The molecule has 2 rings (SSSR count). The van der Waals surface area contributed by atoms with E-state index in [-0.39, 0.29) is 5.91 Å². The molecule has 3 N–H and O–H groups in total. The number of piperazine rings is 1. The second-order valence-electron chi connectivity index (χ2n) is 4.47. The van der Waals surface area contributed by atoms with Crippen LogP contribution in [0, 0.1) is 13.8 Å². The summed E-state index contributed by atoms with van der Waals surface area (Å²) in [6.07, 6.45) is 0. The molecule has 0 aliphatic carbocycles. The average Bonchev–Trinajstić information content (AvgIpc) is 2.33. The van der Waals surface area contributed by atoms with E-state index in [0.29, 0.717) is 18.7 Å². The summed E-state index contributed by atoms with van der Waals surface area (Å²) in [4.78, 5) is 24.9. The molecule has 96 valence electrons. The van der Waals surface area contributed by atoms with Crippen molar-refractivity contribution >= 4 is 17.5 Å². The van der Waals surface area contributed by atoms with Gasteiger partial charge in [0.05, 0.1) is 6.54 Å². The van der Waals surface area contributed by atoms with Crippen LogP contribution < -0.4 is 16.0 Å². The summed E-state index contributed by atoms with van der Waals surface area (Å²) in [5, 5.41) is 3.03. The molecule has 5 heteroatoms. The highest BCUT2D eigenvalue weighted by Gasteiger charge is 2.22. The van der Waals surface area contributed by atoms with E-state index < -0.39 is 5.91 Å². The maximum atomic E-state index is 11.8. The topological polar surface area (TPSA) is 75.4 Å². The van der Waals surface area contributed by atoms with Gasteiger partial charge in [0.25, 0.3) is 0 Å². The van der Waals surface area contributed by atoms with Gasteiger partial charge in [0.1, 0.15) is 0 Å². The van der Waals surface area contributed by atoms with E-state index in [1.165, 1.54) is 0 Å². The Morgan fingerprint density at radius 2 is 2.06 bits per heavy atom. The molecule has 1 heterocycles. The Balaban J connectivity index is 2.43. The summed E-state index contributed by atoms with van der Waals surface area (Å²) >= 11 is 0. The van der Waals surface area contributed by atoms with Gasteiger partial charge in [-0.2, -0.15) is 0 Å². The molecular formula is C13H17N3O2. The Kier molecular flexibility index (Phi) is 3.34. The van der Waals surface area contributed by atoms with Crippen molar-refractivity contribution in [3.8, 4) is 0 Å². The highest BCUT2D eigenvalue weighted by atomic mass is 16.2. The third-order valence-corrected chi connectivity index (χ3v) is 3.40. The summed E-state index contributed by atoms with van der Waals surface area (Å²) in [5.74, 6) is -0.385. The van der Waals surface area contributed by atoms with E-state index >= 15 is 0 Å². The van der Waals surface area contributed by atoms with Crippen LogP contribution in [0.3, 0.4) is 0 Å². The molecule has 1 aromatic rings. The van der Waals surface area contributed by atoms with Gasteiger partial charge in [-0.15, -0.1) is 0 Å². The molecule has 0 atom stereocenters. The molecule has 1 aliphatic rings. The third kappa shape index (κ3) is 2.09. The van der Waals surface area contributed by atoms with Gasteiger partial charge in [-0.05, 0) is 37.1 Å². The van der Waals surface area contributed by atoms with Gasteiger partial charge in [-0.25, -0.2) is 0 Å². The van der Waals surface area contributed by atoms with Crippen molar-refractivity contribution in [2.24, 2.45) is 5.73 Å². The Hall–Kier alpha value is -1.88. The Bertz CT molecular complexity index is 511. The molecule has 0 bridgehead atoms. The molecule has 1 aromatic carbocycles. The lowest BCUT2D eigenvalue weighted by Crippen LogP contribution is -2.48. The lowest BCUT2D eigenvalue weighted by atomic mass is 10.00. The minimum Gasteiger partial charge on any atom is -0.366 e. The van der Waals surface area contributed by atoms with Gasteiger partial charge in [0, 0.05) is 24.3 Å². The summed E-state index contributed by atoms with van der Waals surface area (Å²) in [7, 11) is 0. The second-order valence-corrected chi connectivity index (χ2v) is 4.47. The van der Waals surface area contributed by atoms with Crippen LogP contribution in [0.15, 0.2) is 12.1 Å². The number of carbonyl (C=O) groups is 2. The Morgan fingerprint density at radius 1 is 1.33 bits per heavy atom. The van der Waals surface area contributed by atoms with Crippen molar-refractivity contribution in [2.75, 3.05) is 24.5 Å². The number of hydrogen-bond donors (Lipinski definition) is 2. The number of nitrogens with zero attached hydrogens (tertiary/aromatic N) is 1. The highest BCUT2D eigenvalue weighted by molar-refractivity contribution is 5.99. The van der Waals surface area contributed by atoms with E-state index in [2.05, 4.69) is 5.32 Å². The zero-order valence-electron chi connectivity index (χ0n) is 10.6. The maximum Gasteiger partial charge on any atom is 0.248 e. The number of hydrogen-bond acceptors (Lipinski definition) is 3. The molecule has 2 amide bonds. The first-order valence-electron chi connectivity index (χ1n) is 5.93. The second kappa shape index (κ2) is 4.78. The van der Waals surface area contributed by atoms with Crippen molar-refractivity contribution in [2.45, 2.75) is 13.8 Å². The van der Waals surface area contributed by atoms with Gasteiger partial charge in [0.2, 0.25) is 11.8 Å². The number of amides is 2. The molecule has 0 spiro atoms. The van der Waals surface area contributed by atoms with Crippen LogP contribution in [0.2, 0.25) is 0 Å². The molecular weight excluding hydrogens is 230 g/mol. The lowest BCUT2D eigenvalue weighted by molar-refractivity contribution is -0.118. The van der Waals surface area contributed by atoms with Crippen LogP contribution in [-0.4, -0.2) is 31.4 Å². The molecule has 0 saturated carbocycles. The summed E-state index contributed by atoms with van der Waals surface area (Å²) in [6, 6.07) is 3.49. The predicted octanol–water partition coefficient (Wildman–Crippen LogP) is 0.339. The Morgan fingerprint density at radius 3 is 2.67 bits per heavy atom. The number of primary amides is 1. The molecule has 18 heavy (non-hydrogen) atoms. The van der Waals surface area contributed by atoms with Crippen molar-refractivity contribution in [1.29, 1.82) is 0 Å². The molecule has 0 aromatic heterocycles. The summed E-state index contributed by atoms with van der Waals surface area (Å²) in [5.41, 5.74) is 8.46. The molecule has 0 unspecified atom stereocenters. The number of benzene rings is 1. The van der Waals surface area contributed by atoms with Crippen LogP contribution in [0.4, 0.5) is 5.69 Å². The van der Waals surface area contributed by atoms with Gasteiger partial charge < -0.3 is 16.0 Å². The fourth-order valence-corrected chi connectivity index (χ4v) is 2.23. The fraction of sp³-hybridized carbons (Fsp3) is 0.385. The van der Waals surface area contributed by atoms with Gasteiger partial charge in [-0.3, -0.25) is 9.59 Å². The van der Waals surface area contributed by atoms with E-state index in [4.69, 9.17) is 5.73 Å². The molecule has 1 aliphatic heterocycles. The molecule has 1 saturated heterocycles. The van der Waals surface area contributed by atoms with E-state index in [9.17, 15) is 9.59 Å². The van der Waals surface area contributed by atoms with Crippen LogP contribution in [-0.2, 0) is 4.79 Å². The first kappa shape index (κ1) is 12.6. The average molecular weight is 247 g/mol. The smallest absolute Gasteiger partial charge is 0.248 e. The number of rotatable bonds is 2. The predicted molar refractivity (Wildman–Crippen MR) is 69.7 cm³/mol. The first-order valence-corrected chi connectivity index (χ1v) is 5.93. The van der Waals surface area contributed by atoms with Crippen molar-refractivity contribution in [1.82, 2.24) is 5.32 Å². The zero-order valence-corrected chi connectivity index (χ0v) is 10.6. The minimum atomic E-state index is -0.436. The van der Waals surface area contributed by atoms with Crippen molar-refractivity contribution in [3.05, 3.63) is 28.8 Å². The van der Waals surface area contributed by atoms with Crippen LogP contribution in [0.1, 0.15) is 21.5 Å². The van der Waals surface area contributed by atoms with Crippen LogP contribution in [0.5, 0.6) is 0 Å². The first-order chi connectivity index (χ1) is 8.52. The van der Waals surface area contributed by atoms with Crippen molar-refractivity contribution in [3.63, 3.8) is 0 Å². The summed E-state index contributed by atoms with van der Waals surface area (Å²) in [6.45, 7) is 5.55. The van der Waals surface area contributed by atoms with Crippen LogP contribution in [0.25, 0.3) is 0 Å². The largest absolute Gasteiger partial charge is 0.366 e. The monoisotopic (exact) mass is 247 g/mol. The number of nitrogens with two attached hydrogens (primary N) is 1. The van der Waals surface area contributed by atoms with Gasteiger partial charge in [-0.1, -0.05) is 0 Å². The highest BCUT2D eigenvalue weighted by Crippen LogP contribution is 2.26. The maximum absolute atomic E-state index is 11.8. The number of anilines is 1. The lowest BCUT2D eigenvalue weighted by Gasteiger charge is -2.29. The van der Waals surface area contributed by atoms with Gasteiger partial charge >= 0.3 is 0 Å². The summed E-state index contributed by atoms with van der Waals surface area (Å²) < 4.78 is 0. The van der Waals surface area contributed by atoms with Crippen LogP contribution >= 0.6 is 0 Å². The number of carbonyl (C=O) groups excluding carboxylic acids is 2. The fourth-order valence-electron chi connectivity index (χ4n) is 2.23. The zero-order chi connectivity index (χ0) is 13.3. The SMILES string of the molecule is Cc1c(C(N)=O)ccc(N2CCNCC2=O)c1C. The molecule has 1 fully saturated rings. The van der Waals surface area contributed by atoms with E-state index in [0.717, 1.165) is 23.4 Å². The van der Waals surface area contributed by atoms with Gasteiger partial charge in [0.15, 0.2) is 0 Å². The van der Waals surface area contributed by atoms with E-state index in [1.54, 1.807) is 17.0 Å². The quantitative estimate of drug-likeness (QED) is 0.791. The third-order valence-electron chi connectivity index (χ3n) is 3.40. The number of nitrogens with one attached hydrogen (secondary N) is 1. The van der Waals surface area contributed by atoms with E-state index in [1.807, 2.05) is 13.8 Å². The molecule has 0 radical (unpaired) electrons. The standard InChI is InChI=1S/C13H17N3O2/c1-8-9(2)11(4-3-10(8)13(14)18)16-6-5-15-7-12(16)17/h3-4,15H,5-7H2,1-2H3,(H2,14,18).